The summed E-state index contributed by atoms with van der Waals surface area (Å²) in [4.78, 5) is 16.6. The number of esters is 1. The highest BCUT2D eigenvalue weighted by molar-refractivity contribution is 5.87. The molecule has 1 fully saturated rings. The number of oxime groups is 1. The van der Waals surface area contributed by atoms with Crippen LogP contribution in [0.3, 0.4) is 0 Å². The molecule has 2 rings (SSSR count). The van der Waals surface area contributed by atoms with Crippen molar-refractivity contribution in [1.82, 2.24) is 0 Å². The predicted molar refractivity (Wildman–Crippen MR) is 73.2 cm³/mol. The second kappa shape index (κ2) is 6.45. The number of carbonyl (C=O) groups is 1. The summed E-state index contributed by atoms with van der Waals surface area (Å²) < 4.78 is 9.98. The van der Waals surface area contributed by atoms with Gasteiger partial charge in [-0.05, 0) is 25.8 Å². The van der Waals surface area contributed by atoms with E-state index in [-0.39, 0.29) is 12.4 Å². The van der Waals surface area contributed by atoms with Gasteiger partial charge >= 0.3 is 5.97 Å². The molecule has 1 aliphatic carbocycles. The van der Waals surface area contributed by atoms with Gasteiger partial charge in [-0.2, -0.15) is 0 Å². The normalized spacial score (nSPS) is 16.4. The highest BCUT2D eigenvalue weighted by Gasteiger charge is 2.19. The number of hydrogen-bond donors (Lipinski definition) is 1. The Labute approximate surface area is 117 Å². The molecule has 0 saturated heterocycles. The van der Waals surface area contributed by atoms with Crippen LogP contribution in [0, 0.1) is 12.8 Å². The molecule has 0 aromatic carbocycles. The fraction of sp³-hybridized carbons (Fsp3) is 0.571. The number of ether oxygens (including phenoxy) is 1. The Morgan fingerprint density at radius 1 is 1.50 bits per heavy atom. The molecule has 0 spiro atoms. The molecule has 20 heavy (non-hydrogen) atoms. The molecule has 0 radical (unpaired) electrons. The predicted octanol–water partition coefficient (Wildman–Crippen LogP) is 2.35. The molecule has 0 atom stereocenters. The molecular weight excluding hydrogens is 260 g/mol. The number of rotatable bonds is 5. The lowest BCUT2D eigenvalue weighted by atomic mass is 10.1. The number of hydrogen-bond acceptors (Lipinski definition) is 5. The smallest absolute Gasteiger partial charge is 0.374 e. The van der Waals surface area contributed by atoms with Crippen LogP contribution in [0.1, 0.15) is 47.6 Å². The first kappa shape index (κ1) is 14.4. The molecule has 0 aliphatic heterocycles. The Kier molecular flexibility index (Phi) is 4.65. The fourth-order valence-electron chi connectivity index (χ4n) is 2.38. The summed E-state index contributed by atoms with van der Waals surface area (Å²) in [7, 11) is 1.31. The van der Waals surface area contributed by atoms with Crippen molar-refractivity contribution in [3.63, 3.8) is 0 Å². The number of aryl methyl sites for hydroxylation is 1. The first-order valence-corrected chi connectivity index (χ1v) is 6.74. The Bertz CT molecular complexity index is 501. The first-order valence-electron chi connectivity index (χ1n) is 6.74. The summed E-state index contributed by atoms with van der Waals surface area (Å²) >= 11 is 0. The van der Waals surface area contributed by atoms with Crippen LogP contribution in [0.2, 0.25) is 0 Å². The minimum Gasteiger partial charge on any atom is -0.463 e. The van der Waals surface area contributed by atoms with Crippen molar-refractivity contribution in [1.29, 1.82) is 0 Å². The number of furan rings is 1. The molecule has 2 N–H and O–H groups in total. The van der Waals surface area contributed by atoms with Crippen LogP contribution in [0.4, 0.5) is 0 Å². The van der Waals surface area contributed by atoms with E-state index >= 15 is 0 Å². The third kappa shape index (κ3) is 3.31. The molecule has 1 heterocycles. The Morgan fingerprint density at radius 2 is 2.20 bits per heavy atom. The molecular formula is C14H20N2O4. The van der Waals surface area contributed by atoms with E-state index in [4.69, 9.17) is 15.0 Å². The fourth-order valence-corrected chi connectivity index (χ4v) is 2.38. The van der Waals surface area contributed by atoms with Crippen LogP contribution >= 0.6 is 0 Å². The lowest BCUT2D eigenvalue weighted by Crippen LogP contribution is -2.21. The van der Waals surface area contributed by atoms with Gasteiger partial charge in [0.15, 0.2) is 6.61 Å². The van der Waals surface area contributed by atoms with Gasteiger partial charge < -0.3 is 19.7 Å². The van der Waals surface area contributed by atoms with Crippen LogP contribution < -0.4 is 5.73 Å². The second-order valence-corrected chi connectivity index (χ2v) is 4.99. The van der Waals surface area contributed by atoms with Crippen molar-refractivity contribution in [3.05, 3.63) is 23.2 Å². The van der Waals surface area contributed by atoms with Crippen molar-refractivity contribution in [2.75, 3.05) is 7.11 Å². The third-order valence-electron chi connectivity index (χ3n) is 3.49. The number of nitrogens with zero attached hydrogens (tertiary/aromatic N) is 1. The van der Waals surface area contributed by atoms with Crippen LogP contribution in [-0.4, -0.2) is 18.9 Å². The standard InChI is InChI=1S/C14H20N2O4/c1-9-7-11(20-12(9)14(17)18-2)8-19-16-13(15)10-5-3-4-6-10/h7,10H,3-6,8H2,1-2H3,(H2,15,16). The van der Waals surface area contributed by atoms with Gasteiger partial charge in [0.05, 0.1) is 7.11 Å². The van der Waals surface area contributed by atoms with Crippen LogP contribution in [-0.2, 0) is 16.2 Å². The third-order valence-corrected chi connectivity index (χ3v) is 3.49. The average molecular weight is 280 g/mol. The summed E-state index contributed by atoms with van der Waals surface area (Å²) in [6.45, 7) is 1.92. The van der Waals surface area contributed by atoms with Gasteiger partial charge in [0, 0.05) is 11.5 Å². The van der Waals surface area contributed by atoms with E-state index in [0.717, 1.165) is 12.8 Å². The minimum absolute atomic E-state index is 0.144. The summed E-state index contributed by atoms with van der Waals surface area (Å²) in [5.41, 5.74) is 6.58. The van der Waals surface area contributed by atoms with Crippen LogP contribution in [0.25, 0.3) is 0 Å². The molecule has 0 bridgehead atoms. The van der Waals surface area contributed by atoms with Crippen molar-refractivity contribution < 1.29 is 18.8 Å². The van der Waals surface area contributed by atoms with E-state index in [1.807, 2.05) is 0 Å². The van der Waals surface area contributed by atoms with E-state index in [0.29, 0.717) is 23.1 Å². The monoisotopic (exact) mass is 280 g/mol. The first-order chi connectivity index (χ1) is 9.61. The van der Waals surface area contributed by atoms with Gasteiger partial charge in [-0.15, -0.1) is 0 Å². The SMILES string of the molecule is COC(=O)c1oc(CO/N=C(\N)C2CCCC2)cc1C. The van der Waals surface area contributed by atoms with Crippen molar-refractivity contribution in [2.45, 2.75) is 39.2 Å². The number of carbonyl (C=O) groups excluding carboxylic acids is 1. The number of methoxy groups -OCH3 is 1. The van der Waals surface area contributed by atoms with E-state index in [9.17, 15) is 4.79 Å². The molecule has 1 aromatic heterocycles. The minimum atomic E-state index is -0.497. The van der Waals surface area contributed by atoms with Crippen molar-refractivity contribution in [3.8, 4) is 0 Å². The van der Waals surface area contributed by atoms with Crippen LogP contribution in [0.5, 0.6) is 0 Å². The maximum absolute atomic E-state index is 11.4. The Morgan fingerprint density at radius 3 is 2.85 bits per heavy atom. The number of amidine groups is 1. The van der Waals surface area contributed by atoms with E-state index in [2.05, 4.69) is 9.89 Å². The molecule has 1 aromatic rings. The highest BCUT2D eigenvalue weighted by atomic mass is 16.6. The maximum Gasteiger partial charge on any atom is 0.374 e. The zero-order chi connectivity index (χ0) is 14.5. The quantitative estimate of drug-likeness (QED) is 0.387. The van der Waals surface area contributed by atoms with Gasteiger partial charge in [-0.3, -0.25) is 0 Å². The van der Waals surface area contributed by atoms with Gasteiger partial charge in [0.1, 0.15) is 11.6 Å². The van der Waals surface area contributed by atoms with Gasteiger partial charge in [-0.1, -0.05) is 18.0 Å². The Hall–Kier alpha value is -1.98. The van der Waals surface area contributed by atoms with Gasteiger partial charge in [0.2, 0.25) is 5.76 Å². The molecule has 0 unspecified atom stereocenters. The zero-order valence-electron chi connectivity index (χ0n) is 11.8. The van der Waals surface area contributed by atoms with Gasteiger partial charge in [0.25, 0.3) is 0 Å². The summed E-state index contributed by atoms with van der Waals surface area (Å²) in [5.74, 6) is 1.09. The second-order valence-electron chi connectivity index (χ2n) is 4.99. The largest absolute Gasteiger partial charge is 0.463 e. The molecule has 6 nitrogen and oxygen atoms in total. The summed E-state index contributed by atoms with van der Waals surface area (Å²) in [6.07, 6.45) is 4.54. The molecule has 1 saturated carbocycles. The van der Waals surface area contributed by atoms with Crippen molar-refractivity contribution in [2.24, 2.45) is 16.8 Å². The van der Waals surface area contributed by atoms with E-state index < -0.39 is 5.97 Å². The van der Waals surface area contributed by atoms with Crippen LogP contribution in [0.15, 0.2) is 15.6 Å². The molecule has 110 valence electrons. The topological polar surface area (TPSA) is 87.0 Å². The lowest BCUT2D eigenvalue weighted by molar-refractivity contribution is 0.0552. The molecule has 1 aliphatic rings. The number of nitrogens with two attached hydrogens (primary N) is 1. The average Bonchev–Trinajstić information content (AvgIpc) is 3.07. The highest BCUT2D eigenvalue weighted by Crippen LogP contribution is 2.24. The molecule has 0 amide bonds. The zero-order valence-corrected chi connectivity index (χ0v) is 11.8. The molecule has 6 heteroatoms. The maximum atomic E-state index is 11.4. The van der Waals surface area contributed by atoms with Gasteiger partial charge in [-0.25, -0.2) is 4.79 Å². The van der Waals surface area contributed by atoms with Crippen molar-refractivity contribution >= 4 is 11.8 Å². The lowest BCUT2D eigenvalue weighted by Gasteiger charge is -2.06. The van der Waals surface area contributed by atoms with E-state index in [1.54, 1.807) is 13.0 Å². The summed E-state index contributed by atoms with van der Waals surface area (Å²) in [5, 5.41) is 3.92. The van der Waals surface area contributed by atoms with E-state index in [1.165, 1.54) is 20.0 Å². The summed E-state index contributed by atoms with van der Waals surface area (Å²) in [6, 6.07) is 1.73. The Balaban J connectivity index is 1.91.